The van der Waals surface area contributed by atoms with Crippen LogP contribution in [0.5, 0.6) is 0 Å². The first-order valence-electron chi connectivity index (χ1n) is 7.09. The van der Waals surface area contributed by atoms with E-state index in [2.05, 4.69) is 29.2 Å². The third-order valence-electron chi connectivity index (χ3n) is 4.04. The molecule has 4 heteroatoms. The van der Waals surface area contributed by atoms with Crippen LogP contribution < -0.4 is 10.6 Å². The molecule has 0 aromatic heterocycles. The molecule has 0 radical (unpaired) electrons. The highest BCUT2D eigenvalue weighted by Gasteiger charge is 2.17. The number of nitrogen functional groups attached to an aromatic ring is 1. The molecule has 0 spiro atoms. The lowest BCUT2D eigenvalue weighted by Crippen LogP contribution is -2.27. The summed E-state index contributed by atoms with van der Waals surface area (Å²) in [6.45, 7) is 1.70. The zero-order valence-electron chi connectivity index (χ0n) is 11.7. The van der Waals surface area contributed by atoms with Gasteiger partial charge in [0, 0.05) is 13.1 Å². The second-order valence-electron chi connectivity index (χ2n) is 5.33. The minimum absolute atomic E-state index is 0.279. The van der Waals surface area contributed by atoms with Crippen molar-refractivity contribution in [2.75, 3.05) is 23.7 Å². The lowest BCUT2D eigenvalue weighted by Gasteiger charge is -2.24. The van der Waals surface area contributed by atoms with Gasteiger partial charge in [-0.3, -0.25) is 0 Å². The number of nitrogens with zero attached hydrogens (tertiary/aromatic N) is 1. The van der Waals surface area contributed by atoms with E-state index in [9.17, 15) is 4.79 Å². The van der Waals surface area contributed by atoms with Crippen molar-refractivity contribution in [2.24, 2.45) is 0 Å². The molecule has 0 saturated heterocycles. The van der Waals surface area contributed by atoms with Crippen LogP contribution in [0, 0.1) is 0 Å². The van der Waals surface area contributed by atoms with E-state index in [1.54, 1.807) is 18.2 Å². The summed E-state index contributed by atoms with van der Waals surface area (Å²) >= 11 is 0. The topological polar surface area (TPSA) is 66.6 Å². The van der Waals surface area contributed by atoms with Gasteiger partial charge in [-0.2, -0.15) is 0 Å². The zero-order chi connectivity index (χ0) is 14.8. The van der Waals surface area contributed by atoms with Gasteiger partial charge < -0.3 is 15.7 Å². The summed E-state index contributed by atoms with van der Waals surface area (Å²) in [4.78, 5) is 13.3. The monoisotopic (exact) mass is 282 g/mol. The SMILES string of the molecule is Nc1ccc(C(=O)O)cc1N1CCc2ccccc2CC1. The van der Waals surface area contributed by atoms with Crippen LogP contribution in [0.3, 0.4) is 0 Å². The van der Waals surface area contributed by atoms with E-state index in [1.165, 1.54) is 11.1 Å². The van der Waals surface area contributed by atoms with Gasteiger partial charge in [-0.25, -0.2) is 4.79 Å². The standard InChI is InChI=1S/C17H18N2O2/c18-15-6-5-14(17(20)21)11-16(15)19-9-7-12-3-1-2-4-13(12)8-10-19/h1-6,11H,7-10,18H2,(H,20,21). The van der Waals surface area contributed by atoms with E-state index < -0.39 is 5.97 Å². The van der Waals surface area contributed by atoms with Gasteiger partial charge in [-0.1, -0.05) is 24.3 Å². The first-order valence-corrected chi connectivity index (χ1v) is 7.09. The Hall–Kier alpha value is -2.49. The second-order valence-corrected chi connectivity index (χ2v) is 5.33. The average Bonchev–Trinajstić information content (AvgIpc) is 2.70. The molecule has 0 bridgehead atoms. The summed E-state index contributed by atoms with van der Waals surface area (Å²) in [7, 11) is 0. The molecule has 0 atom stereocenters. The maximum Gasteiger partial charge on any atom is 0.335 e. The predicted molar refractivity (Wildman–Crippen MR) is 83.9 cm³/mol. The van der Waals surface area contributed by atoms with Gasteiger partial charge in [0.15, 0.2) is 0 Å². The van der Waals surface area contributed by atoms with Crippen LogP contribution in [-0.2, 0) is 12.8 Å². The molecule has 0 amide bonds. The van der Waals surface area contributed by atoms with Crippen molar-refractivity contribution in [3.63, 3.8) is 0 Å². The molecule has 0 saturated carbocycles. The smallest absolute Gasteiger partial charge is 0.335 e. The van der Waals surface area contributed by atoms with Crippen molar-refractivity contribution in [1.29, 1.82) is 0 Å². The molecule has 0 aliphatic carbocycles. The number of fused-ring (bicyclic) bond motifs is 1. The number of carboxylic acids is 1. The first-order chi connectivity index (χ1) is 10.1. The van der Waals surface area contributed by atoms with Gasteiger partial charge in [0.05, 0.1) is 16.9 Å². The summed E-state index contributed by atoms with van der Waals surface area (Å²) in [5.41, 5.74) is 10.5. The third kappa shape index (κ3) is 2.70. The number of anilines is 2. The molecule has 2 aromatic carbocycles. The zero-order valence-corrected chi connectivity index (χ0v) is 11.7. The number of carbonyl (C=O) groups is 1. The fraction of sp³-hybridized carbons (Fsp3) is 0.235. The molecule has 2 aromatic rings. The van der Waals surface area contributed by atoms with Gasteiger partial charge >= 0.3 is 5.97 Å². The number of benzene rings is 2. The molecule has 108 valence electrons. The van der Waals surface area contributed by atoms with E-state index >= 15 is 0 Å². The second kappa shape index (κ2) is 5.48. The maximum atomic E-state index is 11.1. The summed E-state index contributed by atoms with van der Waals surface area (Å²) < 4.78 is 0. The Morgan fingerprint density at radius 1 is 1.05 bits per heavy atom. The summed E-state index contributed by atoms with van der Waals surface area (Å²) in [5.74, 6) is -0.922. The number of rotatable bonds is 2. The molecule has 21 heavy (non-hydrogen) atoms. The van der Waals surface area contributed by atoms with Crippen LogP contribution in [0.1, 0.15) is 21.5 Å². The van der Waals surface area contributed by atoms with Crippen molar-refractivity contribution in [3.05, 3.63) is 59.2 Å². The lowest BCUT2D eigenvalue weighted by atomic mass is 10.0. The fourth-order valence-corrected chi connectivity index (χ4v) is 2.86. The summed E-state index contributed by atoms with van der Waals surface area (Å²) in [6, 6.07) is 13.4. The minimum atomic E-state index is -0.922. The normalized spacial score (nSPS) is 14.4. The van der Waals surface area contributed by atoms with E-state index in [0.717, 1.165) is 31.6 Å². The van der Waals surface area contributed by atoms with Gasteiger partial charge in [-0.15, -0.1) is 0 Å². The van der Waals surface area contributed by atoms with Crippen molar-refractivity contribution in [3.8, 4) is 0 Å². The number of aromatic carboxylic acids is 1. The van der Waals surface area contributed by atoms with Crippen molar-refractivity contribution in [2.45, 2.75) is 12.8 Å². The van der Waals surface area contributed by atoms with Gasteiger partial charge in [0.1, 0.15) is 0 Å². The average molecular weight is 282 g/mol. The van der Waals surface area contributed by atoms with E-state index in [-0.39, 0.29) is 5.56 Å². The highest BCUT2D eigenvalue weighted by atomic mass is 16.4. The van der Waals surface area contributed by atoms with E-state index in [0.29, 0.717) is 5.69 Å². The first kappa shape index (κ1) is 13.5. The quantitative estimate of drug-likeness (QED) is 0.831. The lowest BCUT2D eigenvalue weighted by molar-refractivity contribution is 0.0697. The summed E-state index contributed by atoms with van der Waals surface area (Å²) in [6.07, 6.45) is 1.90. The Bertz CT molecular complexity index is 655. The molecule has 3 rings (SSSR count). The Morgan fingerprint density at radius 3 is 2.24 bits per heavy atom. The van der Waals surface area contributed by atoms with Crippen LogP contribution in [0.25, 0.3) is 0 Å². The van der Waals surface area contributed by atoms with Gasteiger partial charge in [-0.05, 0) is 42.2 Å². The van der Waals surface area contributed by atoms with Crippen LogP contribution in [-0.4, -0.2) is 24.2 Å². The largest absolute Gasteiger partial charge is 0.478 e. The molecule has 1 aliphatic rings. The van der Waals surface area contributed by atoms with E-state index in [4.69, 9.17) is 10.8 Å². The van der Waals surface area contributed by atoms with Gasteiger partial charge in [0.25, 0.3) is 0 Å². The molecule has 0 fully saturated rings. The number of carboxylic acid groups (broad SMARTS) is 1. The van der Waals surface area contributed by atoms with Crippen LogP contribution >= 0.6 is 0 Å². The number of hydrogen-bond donors (Lipinski definition) is 2. The van der Waals surface area contributed by atoms with Crippen molar-refractivity contribution < 1.29 is 9.90 Å². The van der Waals surface area contributed by atoms with Crippen LogP contribution in [0.4, 0.5) is 11.4 Å². The Kier molecular flexibility index (Phi) is 3.52. The van der Waals surface area contributed by atoms with Crippen molar-refractivity contribution >= 4 is 17.3 Å². The summed E-state index contributed by atoms with van der Waals surface area (Å²) in [5, 5.41) is 9.14. The van der Waals surface area contributed by atoms with Crippen LogP contribution in [0.15, 0.2) is 42.5 Å². The molecular formula is C17H18N2O2. The third-order valence-corrected chi connectivity index (χ3v) is 4.04. The Morgan fingerprint density at radius 2 is 1.67 bits per heavy atom. The highest BCUT2D eigenvalue weighted by molar-refractivity contribution is 5.90. The molecule has 4 nitrogen and oxygen atoms in total. The highest BCUT2D eigenvalue weighted by Crippen LogP contribution is 2.27. The molecule has 1 heterocycles. The Balaban J connectivity index is 1.89. The molecule has 3 N–H and O–H groups in total. The van der Waals surface area contributed by atoms with Crippen LogP contribution in [0.2, 0.25) is 0 Å². The van der Waals surface area contributed by atoms with E-state index in [1.807, 2.05) is 0 Å². The van der Waals surface area contributed by atoms with Gasteiger partial charge in [0.2, 0.25) is 0 Å². The number of nitrogens with two attached hydrogens (primary N) is 1. The maximum absolute atomic E-state index is 11.1. The Labute approximate surface area is 123 Å². The minimum Gasteiger partial charge on any atom is -0.478 e. The molecular weight excluding hydrogens is 264 g/mol. The molecule has 0 unspecified atom stereocenters. The molecule has 1 aliphatic heterocycles. The fourth-order valence-electron chi connectivity index (χ4n) is 2.86. The number of hydrogen-bond acceptors (Lipinski definition) is 3. The van der Waals surface area contributed by atoms with Crippen molar-refractivity contribution in [1.82, 2.24) is 0 Å². The predicted octanol–water partition coefficient (Wildman–Crippen LogP) is 2.57.